The lowest BCUT2D eigenvalue weighted by atomic mass is 10.1. The quantitative estimate of drug-likeness (QED) is 0.629. The number of allylic oxidation sites excluding steroid dienone is 1. The topological polar surface area (TPSA) is 28.7 Å². The summed E-state index contributed by atoms with van der Waals surface area (Å²) >= 11 is 0. The van der Waals surface area contributed by atoms with Gasteiger partial charge in [0.15, 0.2) is 0 Å². The summed E-state index contributed by atoms with van der Waals surface area (Å²) in [4.78, 5) is 7.17. The highest BCUT2D eigenvalue weighted by atomic mass is 14.7. The standard InChI is InChI=1S/C9H8.C7H6N2/c1-2-5-9-7-3-6-8(9)4-1;1-2-6-7(8-4-1)3-5-9-6/h1-6H,7H2;1-5,9H. The van der Waals surface area contributed by atoms with E-state index in [-0.39, 0.29) is 0 Å². The fraction of sp³-hybridized carbons (Fsp3) is 0.0625. The van der Waals surface area contributed by atoms with Crippen LogP contribution in [-0.4, -0.2) is 9.97 Å². The van der Waals surface area contributed by atoms with Gasteiger partial charge in [-0.2, -0.15) is 0 Å². The molecular weight excluding hydrogens is 220 g/mol. The molecule has 0 amide bonds. The summed E-state index contributed by atoms with van der Waals surface area (Å²) in [6.07, 6.45) is 9.17. The third-order valence-corrected chi connectivity index (χ3v) is 3.01. The largest absolute Gasteiger partial charge is 0.360 e. The highest BCUT2D eigenvalue weighted by molar-refractivity contribution is 5.73. The molecule has 2 heterocycles. The van der Waals surface area contributed by atoms with E-state index in [2.05, 4.69) is 46.4 Å². The Balaban J connectivity index is 0.000000111. The molecule has 0 saturated carbocycles. The number of fused-ring (bicyclic) bond motifs is 2. The first-order chi connectivity index (χ1) is 8.93. The summed E-state index contributed by atoms with van der Waals surface area (Å²) in [6, 6.07) is 14.4. The van der Waals surface area contributed by atoms with Crippen LogP contribution in [0.15, 0.2) is 60.9 Å². The van der Waals surface area contributed by atoms with Crippen LogP contribution in [0.5, 0.6) is 0 Å². The predicted octanol–water partition coefficient (Wildman–Crippen LogP) is 3.82. The normalized spacial score (nSPS) is 12.0. The highest BCUT2D eigenvalue weighted by Crippen LogP contribution is 2.17. The van der Waals surface area contributed by atoms with E-state index < -0.39 is 0 Å². The molecule has 1 aliphatic rings. The van der Waals surface area contributed by atoms with Crippen LogP contribution in [-0.2, 0) is 6.42 Å². The van der Waals surface area contributed by atoms with Crippen molar-refractivity contribution in [3.05, 3.63) is 72.1 Å². The van der Waals surface area contributed by atoms with Gasteiger partial charge in [-0.15, -0.1) is 0 Å². The molecule has 0 bridgehead atoms. The van der Waals surface area contributed by atoms with Crippen LogP contribution in [0.1, 0.15) is 11.1 Å². The number of aromatic nitrogens is 2. The summed E-state index contributed by atoms with van der Waals surface area (Å²) in [5, 5.41) is 0. The number of aromatic amines is 1. The summed E-state index contributed by atoms with van der Waals surface area (Å²) in [5.74, 6) is 0. The van der Waals surface area contributed by atoms with Crippen molar-refractivity contribution in [3.8, 4) is 0 Å². The van der Waals surface area contributed by atoms with Crippen molar-refractivity contribution in [1.82, 2.24) is 9.97 Å². The van der Waals surface area contributed by atoms with Gasteiger partial charge in [0.25, 0.3) is 0 Å². The van der Waals surface area contributed by atoms with Crippen molar-refractivity contribution in [3.63, 3.8) is 0 Å². The molecule has 3 aromatic rings. The molecule has 0 aliphatic heterocycles. The van der Waals surface area contributed by atoms with E-state index in [4.69, 9.17) is 0 Å². The maximum Gasteiger partial charge on any atom is 0.0878 e. The number of nitrogens with one attached hydrogen (secondary N) is 1. The predicted molar refractivity (Wildman–Crippen MR) is 75.3 cm³/mol. The zero-order chi connectivity index (χ0) is 12.2. The van der Waals surface area contributed by atoms with E-state index in [9.17, 15) is 0 Å². The lowest BCUT2D eigenvalue weighted by Gasteiger charge is -1.93. The van der Waals surface area contributed by atoms with E-state index >= 15 is 0 Å². The molecule has 1 aromatic carbocycles. The van der Waals surface area contributed by atoms with Crippen LogP contribution in [0.2, 0.25) is 0 Å². The van der Waals surface area contributed by atoms with Gasteiger partial charge >= 0.3 is 0 Å². The first kappa shape index (κ1) is 10.8. The Morgan fingerprint density at radius 2 is 1.94 bits per heavy atom. The molecule has 0 fully saturated rings. The molecule has 1 N–H and O–H groups in total. The zero-order valence-electron chi connectivity index (χ0n) is 10.0. The lowest BCUT2D eigenvalue weighted by molar-refractivity contribution is 1.31. The van der Waals surface area contributed by atoms with Gasteiger partial charge in [-0.05, 0) is 35.7 Å². The molecule has 2 aromatic heterocycles. The van der Waals surface area contributed by atoms with Gasteiger partial charge in [-0.3, -0.25) is 4.98 Å². The van der Waals surface area contributed by atoms with Crippen molar-refractivity contribution < 1.29 is 0 Å². The Morgan fingerprint density at radius 3 is 2.83 bits per heavy atom. The van der Waals surface area contributed by atoms with Gasteiger partial charge < -0.3 is 4.98 Å². The molecule has 0 unspecified atom stereocenters. The van der Waals surface area contributed by atoms with Gasteiger partial charge in [0.1, 0.15) is 0 Å². The summed E-state index contributed by atoms with van der Waals surface area (Å²) < 4.78 is 0. The van der Waals surface area contributed by atoms with Crippen LogP contribution < -0.4 is 0 Å². The molecule has 1 aliphatic carbocycles. The monoisotopic (exact) mass is 234 g/mol. The molecule has 0 radical (unpaired) electrons. The number of H-pyrrole nitrogens is 1. The summed E-state index contributed by atoms with van der Waals surface area (Å²) in [7, 11) is 0. The van der Waals surface area contributed by atoms with Crippen LogP contribution in [0.4, 0.5) is 0 Å². The minimum Gasteiger partial charge on any atom is -0.360 e. The third kappa shape index (κ3) is 2.18. The van der Waals surface area contributed by atoms with E-state index in [1.807, 2.05) is 24.4 Å². The SMILES string of the molecule is C1=Cc2ccccc2C1.c1cnc2cc[nH]c2c1. The molecule has 0 spiro atoms. The van der Waals surface area contributed by atoms with Gasteiger partial charge in [0, 0.05) is 12.4 Å². The smallest absolute Gasteiger partial charge is 0.0878 e. The minimum absolute atomic E-state index is 1.03. The molecule has 2 nitrogen and oxygen atoms in total. The van der Waals surface area contributed by atoms with Crippen molar-refractivity contribution in [1.29, 1.82) is 0 Å². The number of rotatable bonds is 0. The van der Waals surface area contributed by atoms with E-state index in [1.165, 1.54) is 11.1 Å². The molecule has 18 heavy (non-hydrogen) atoms. The first-order valence-electron chi connectivity index (χ1n) is 6.06. The van der Waals surface area contributed by atoms with E-state index in [1.54, 1.807) is 6.20 Å². The van der Waals surface area contributed by atoms with Gasteiger partial charge in [-0.1, -0.05) is 36.4 Å². The Bertz CT molecular complexity index is 650. The number of benzene rings is 1. The number of hydrogen-bond donors (Lipinski definition) is 1. The maximum absolute atomic E-state index is 4.11. The molecule has 4 rings (SSSR count). The average Bonchev–Trinajstić information content (AvgIpc) is 3.08. The van der Waals surface area contributed by atoms with Gasteiger partial charge in [-0.25, -0.2) is 0 Å². The Kier molecular flexibility index (Phi) is 2.92. The number of pyridine rings is 1. The molecule has 2 heteroatoms. The number of hydrogen-bond acceptors (Lipinski definition) is 1. The van der Waals surface area contributed by atoms with Crippen LogP contribution in [0.25, 0.3) is 17.1 Å². The Labute approximate surface area is 106 Å². The highest BCUT2D eigenvalue weighted by Gasteiger charge is 2.00. The van der Waals surface area contributed by atoms with Crippen molar-refractivity contribution >= 4 is 17.1 Å². The van der Waals surface area contributed by atoms with Crippen LogP contribution >= 0.6 is 0 Å². The minimum atomic E-state index is 1.03. The van der Waals surface area contributed by atoms with Crippen LogP contribution in [0.3, 0.4) is 0 Å². The zero-order valence-corrected chi connectivity index (χ0v) is 10.0. The third-order valence-electron chi connectivity index (χ3n) is 3.01. The summed E-state index contributed by atoms with van der Waals surface area (Å²) in [6.45, 7) is 0. The average molecular weight is 234 g/mol. The number of nitrogens with zero attached hydrogens (tertiary/aromatic N) is 1. The van der Waals surface area contributed by atoms with Crippen molar-refractivity contribution in [2.75, 3.05) is 0 Å². The van der Waals surface area contributed by atoms with Crippen LogP contribution in [0, 0.1) is 0 Å². The second-order valence-corrected chi connectivity index (χ2v) is 4.22. The molecule has 0 atom stereocenters. The lowest BCUT2D eigenvalue weighted by Crippen LogP contribution is -1.76. The molecular formula is C16H14N2. The first-order valence-corrected chi connectivity index (χ1v) is 6.06. The Morgan fingerprint density at radius 1 is 1.00 bits per heavy atom. The van der Waals surface area contributed by atoms with Crippen molar-refractivity contribution in [2.45, 2.75) is 6.42 Å². The fourth-order valence-electron chi connectivity index (χ4n) is 2.08. The second-order valence-electron chi connectivity index (χ2n) is 4.22. The maximum atomic E-state index is 4.11. The second kappa shape index (κ2) is 4.88. The van der Waals surface area contributed by atoms with Crippen molar-refractivity contribution in [2.24, 2.45) is 0 Å². The summed E-state index contributed by atoms with van der Waals surface area (Å²) in [5.41, 5.74) is 4.96. The fourth-order valence-corrected chi connectivity index (χ4v) is 2.08. The molecule has 88 valence electrons. The van der Waals surface area contributed by atoms with Gasteiger partial charge in [0.05, 0.1) is 11.0 Å². The molecule has 0 saturated heterocycles. The van der Waals surface area contributed by atoms with E-state index in [0.29, 0.717) is 0 Å². The van der Waals surface area contributed by atoms with Gasteiger partial charge in [0.2, 0.25) is 0 Å². The van der Waals surface area contributed by atoms with E-state index in [0.717, 1.165) is 17.5 Å². The Hall–Kier alpha value is -2.35.